The maximum Gasteiger partial charge on any atom is 0.410 e. The van der Waals surface area contributed by atoms with E-state index in [9.17, 15) is 4.79 Å². The second-order valence-electron chi connectivity index (χ2n) is 8.55. The van der Waals surface area contributed by atoms with Crippen molar-refractivity contribution in [3.63, 3.8) is 0 Å². The molecule has 1 heterocycles. The van der Waals surface area contributed by atoms with Gasteiger partial charge in [0.1, 0.15) is 30.3 Å². The van der Waals surface area contributed by atoms with Crippen LogP contribution >= 0.6 is 0 Å². The molecule has 0 radical (unpaired) electrons. The Kier molecular flexibility index (Phi) is 7.83. The lowest BCUT2D eigenvalue weighted by Gasteiger charge is -2.33. The Morgan fingerprint density at radius 2 is 1.45 bits per heavy atom. The Balaban J connectivity index is 1.39. The number of hydrogen-bond acceptors (Lipinski definition) is 4. The zero-order valence-electron chi connectivity index (χ0n) is 18.6. The van der Waals surface area contributed by atoms with Crippen molar-refractivity contribution < 1.29 is 19.0 Å². The fourth-order valence-electron chi connectivity index (χ4n) is 3.42. The van der Waals surface area contributed by atoms with Crippen LogP contribution in [0.5, 0.6) is 11.5 Å². The summed E-state index contributed by atoms with van der Waals surface area (Å²) >= 11 is 0. The summed E-state index contributed by atoms with van der Waals surface area (Å²) in [5.41, 5.74) is 0.821. The third kappa shape index (κ3) is 7.57. The van der Waals surface area contributed by atoms with Crippen LogP contribution in [0, 0.1) is 11.8 Å². The van der Waals surface area contributed by atoms with E-state index in [1.54, 1.807) is 4.90 Å². The van der Waals surface area contributed by atoms with Gasteiger partial charge in [-0.25, -0.2) is 4.79 Å². The zero-order chi connectivity index (χ0) is 22.1. The number of likely N-dealkylation sites (tertiary alicyclic amines) is 1. The van der Waals surface area contributed by atoms with Crippen LogP contribution in [0.3, 0.4) is 0 Å². The summed E-state index contributed by atoms with van der Waals surface area (Å²) in [7, 11) is 0. The zero-order valence-corrected chi connectivity index (χ0v) is 18.6. The number of amides is 1. The normalized spacial score (nSPS) is 14.4. The van der Waals surface area contributed by atoms with Crippen molar-refractivity contribution in [2.24, 2.45) is 0 Å². The standard InChI is InChI=1S/C26H31NO4/c1-26(2,3)31-25(28)27-17-15-22(16-18-27)21-11-13-24(14-12-21)30-20-8-7-19-29-23-9-5-4-6-10-23/h4-6,9-14,22H,15-20H2,1-3H3. The van der Waals surface area contributed by atoms with Crippen molar-refractivity contribution in [2.45, 2.75) is 45.1 Å². The number of carbonyl (C=O) groups is 1. The van der Waals surface area contributed by atoms with Gasteiger partial charge in [-0.3, -0.25) is 0 Å². The fourth-order valence-corrected chi connectivity index (χ4v) is 3.42. The largest absolute Gasteiger partial charge is 0.481 e. The number of para-hydroxylation sites is 1. The van der Waals surface area contributed by atoms with Crippen molar-refractivity contribution in [2.75, 3.05) is 26.3 Å². The molecular weight excluding hydrogens is 390 g/mol. The van der Waals surface area contributed by atoms with Gasteiger partial charge in [0.25, 0.3) is 0 Å². The Morgan fingerprint density at radius 3 is 2.00 bits per heavy atom. The molecule has 5 nitrogen and oxygen atoms in total. The van der Waals surface area contributed by atoms with Crippen LogP contribution in [0.2, 0.25) is 0 Å². The molecule has 0 unspecified atom stereocenters. The summed E-state index contributed by atoms with van der Waals surface area (Å²) in [6, 6.07) is 17.8. The Hall–Kier alpha value is -3.13. The van der Waals surface area contributed by atoms with Gasteiger partial charge < -0.3 is 19.1 Å². The predicted octanol–water partition coefficient (Wildman–Crippen LogP) is 5.26. The molecule has 2 aromatic carbocycles. The van der Waals surface area contributed by atoms with Crippen molar-refractivity contribution >= 4 is 6.09 Å². The van der Waals surface area contributed by atoms with Crippen LogP contribution in [0.15, 0.2) is 54.6 Å². The van der Waals surface area contributed by atoms with Crippen molar-refractivity contribution in [3.05, 3.63) is 60.2 Å². The predicted molar refractivity (Wildman–Crippen MR) is 121 cm³/mol. The molecule has 0 saturated carbocycles. The Bertz CT molecular complexity index is 883. The molecule has 1 fully saturated rings. The first kappa shape index (κ1) is 22.6. The summed E-state index contributed by atoms with van der Waals surface area (Å²) in [6.45, 7) is 7.79. The average molecular weight is 422 g/mol. The number of piperidine rings is 1. The van der Waals surface area contributed by atoms with Crippen LogP contribution < -0.4 is 9.47 Å². The lowest BCUT2D eigenvalue weighted by atomic mass is 9.89. The van der Waals surface area contributed by atoms with Gasteiger partial charge in [-0.1, -0.05) is 42.2 Å². The molecule has 1 amide bonds. The highest BCUT2D eigenvalue weighted by atomic mass is 16.6. The topological polar surface area (TPSA) is 48.0 Å². The highest BCUT2D eigenvalue weighted by Gasteiger charge is 2.27. The third-order valence-corrected chi connectivity index (χ3v) is 4.99. The Morgan fingerprint density at radius 1 is 0.903 bits per heavy atom. The maximum atomic E-state index is 12.2. The van der Waals surface area contributed by atoms with E-state index in [1.807, 2.05) is 63.2 Å². The first-order chi connectivity index (χ1) is 14.9. The minimum Gasteiger partial charge on any atom is -0.481 e. The second-order valence-corrected chi connectivity index (χ2v) is 8.55. The van der Waals surface area contributed by atoms with Gasteiger partial charge in [-0.15, -0.1) is 0 Å². The van der Waals surface area contributed by atoms with E-state index in [4.69, 9.17) is 14.2 Å². The summed E-state index contributed by atoms with van der Waals surface area (Å²) < 4.78 is 16.7. The van der Waals surface area contributed by atoms with Crippen molar-refractivity contribution in [1.82, 2.24) is 4.90 Å². The molecule has 31 heavy (non-hydrogen) atoms. The van der Waals surface area contributed by atoms with Gasteiger partial charge in [0.2, 0.25) is 0 Å². The molecule has 3 rings (SSSR count). The molecule has 1 aliphatic heterocycles. The minimum atomic E-state index is -0.455. The second kappa shape index (κ2) is 10.8. The van der Waals surface area contributed by atoms with Crippen LogP contribution in [-0.4, -0.2) is 42.9 Å². The summed E-state index contributed by atoms with van der Waals surface area (Å²) in [5.74, 6) is 7.98. The number of nitrogens with zero attached hydrogens (tertiary/aromatic N) is 1. The molecule has 0 atom stereocenters. The van der Waals surface area contributed by atoms with Gasteiger partial charge in [0.15, 0.2) is 0 Å². The quantitative estimate of drug-likeness (QED) is 0.618. The molecular formula is C26H31NO4. The number of hydrogen-bond donors (Lipinski definition) is 0. The average Bonchev–Trinajstić information content (AvgIpc) is 2.76. The van der Waals surface area contributed by atoms with Gasteiger partial charge in [0, 0.05) is 13.1 Å². The molecule has 1 aliphatic rings. The molecule has 164 valence electrons. The van der Waals surface area contributed by atoms with Crippen molar-refractivity contribution in [3.8, 4) is 23.3 Å². The van der Waals surface area contributed by atoms with E-state index < -0.39 is 5.60 Å². The monoisotopic (exact) mass is 421 g/mol. The molecule has 0 spiro atoms. The number of benzene rings is 2. The van der Waals surface area contributed by atoms with E-state index in [0.29, 0.717) is 19.1 Å². The molecule has 2 aromatic rings. The smallest absolute Gasteiger partial charge is 0.410 e. The first-order valence-corrected chi connectivity index (χ1v) is 10.7. The highest BCUT2D eigenvalue weighted by Crippen LogP contribution is 2.29. The maximum absolute atomic E-state index is 12.2. The molecule has 0 aromatic heterocycles. The molecule has 0 N–H and O–H groups in total. The highest BCUT2D eigenvalue weighted by molar-refractivity contribution is 5.68. The summed E-state index contributed by atoms with van der Waals surface area (Å²) in [6.07, 6.45) is 1.66. The van der Waals surface area contributed by atoms with Gasteiger partial charge in [0.05, 0.1) is 0 Å². The number of carbonyl (C=O) groups excluding carboxylic acids is 1. The van der Waals surface area contributed by atoms with Gasteiger partial charge >= 0.3 is 6.09 Å². The lowest BCUT2D eigenvalue weighted by Crippen LogP contribution is -2.41. The first-order valence-electron chi connectivity index (χ1n) is 10.7. The fraction of sp³-hybridized carbons (Fsp3) is 0.423. The number of ether oxygens (including phenoxy) is 3. The van der Waals surface area contributed by atoms with E-state index in [-0.39, 0.29) is 6.09 Å². The van der Waals surface area contributed by atoms with E-state index in [1.165, 1.54) is 5.56 Å². The molecule has 0 aliphatic carbocycles. The van der Waals surface area contributed by atoms with E-state index in [0.717, 1.165) is 37.4 Å². The van der Waals surface area contributed by atoms with Crippen LogP contribution in [0.4, 0.5) is 4.79 Å². The lowest BCUT2D eigenvalue weighted by molar-refractivity contribution is 0.0205. The summed E-state index contributed by atoms with van der Waals surface area (Å²) in [5, 5.41) is 0. The van der Waals surface area contributed by atoms with E-state index in [2.05, 4.69) is 24.0 Å². The number of rotatable bonds is 5. The minimum absolute atomic E-state index is 0.218. The van der Waals surface area contributed by atoms with E-state index >= 15 is 0 Å². The van der Waals surface area contributed by atoms with Crippen LogP contribution in [0.25, 0.3) is 0 Å². The van der Waals surface area contributed by atoms with Crippen LogP contribution in [0.1, 0.15) is 45.1 Å². The summed E-state index contributed by atoms with van der Waals surface area (Å²) in [4.78, 5) is 14.0. The van der Waals surface area contributed by atoms with Crippen molar-refractivity contribution in [1.29, 1.82) is 0 Å². The van der Waals surface area contributed by atoms with Gasteiger partial charge in [-0.2, -0.15) is 0 Å². The Labute approximate surface area is 185 Å². The molecule has 5 heteroatoms. The third-order valence-electron chi connectivity index (χ3n) is 4.99. The molecule has 1 saturated heterocycles. The molecule has 0 bridgehead atoms. The van der Waals surface area contributed by atoms with Gasteiger partial charge in [-0.05, 0) is 69.4 Å². The van der Waals surface area contributed by atoms with Crippen LogP contribution in [-0.2, 0) is 4.74 Å². The SMILES string of the molecule is CC(C)(C)OC(=O)N1CCC(c2ccc(OCC#CCOc3ccccc3)cc2)CC1.